The van der Waals surface area contributed by atoms with E-state index >= 15 is 0 Å². The first-order valence-corrected chi connectivity index (χ1v) is 7.12. The maximum Gasteiger partial charge on any atom is 0.226 e. The lowest BCUT2D eigenvalue weighted by molar-refractivity contribution is -0.121. The number of carbonyl (C=O) groups is 1. The summed E-state index contributed by atoms with van der Waals surface area (Å²) < 4.78 is 7.72. The highest BCUT2D eigenvalue weighted by molar-refractivity contribution is 5.78. The molecule has 0 bridgehead atoms. The van der Waals surface area contributed by atoms with E-state index in [9.17, 15) is 4.79 Å². The fraction of sp³-hybridized carbons (Fsp3) is 0.500. The van der Waals surface area contributed by atoms with Crippen LogP contribution in [0.4, 0.5) is 0 Å². The monoisotopic (exact) mass is 289 g/mol. The van der Waals surface area contributed by atoms with Crippen molar-refractivity contribution in [2.45, 2.75) is 37.8 Å². The summed E-state index contributed by atoms with van der Waals surface area (Å²) in [5, 5.41) is 9.66. The van der Waals surface area contributed by atoms with Crippen molar-refractivity contribution in [3.05, 3.63) is 30.6 Å². The zero-order chi connectivity index (χ0) is 14.7. The van der Waals surface area contributed by atoms with Gasteiger partial charge in [-0.2, -0.15) is 5.10 Å². The molecule has 2 N–H and O–H groups in total. The van der Waals surface area contributed by atoms with E-state index in [0.29, 0.717) is 12.2 Å². The van der Waals surface area contributed by atoms with Crippen LogP contribution < -0.4 is 10.1 Å². The van der Waals surface area contributed by atoms with Gasteiger partial charge in [0, 0.05) is 18.9 Å². The van der Waals surface area contributed by atoms with Gasteiger partial charge in [-0.1, -0.05) is 0 Å². The summed E-state index contributed by atoms with van der Waals surface area (Å²) in [5.41, 5.74) is 0.901. The van der Waals surface area contributed by atoms with E-state index in [0.717, 1.165) is 25.0 Å². The second kappa shape index (κ2) is 5.99. The fourth-order valence-corrected chi connectivity index (χ4v) is 2.69. The smallest absolute Gasteiger partial charge is 0.226 e. The van der Waals surface area contributed by atoms with Gasteiger partial charge in [-0.15, -0.1) is 0 Å². The molecule has 0 saturated heterocycles. The average molecular weight is 289 g/mol. The van der Waals surface area contributed by atoms with E-state index in [1.165, 1.54) is 0 Å². The van der Waals surface area contributed by atoms with Crippen LogP contribution in [0.3, 0.4) is 0 Å². The number of aromatic nitrogens is 4. The minimum atomic E-state index is 0.00583. The van der Waals surface area contributed by atoms with E-state index in [4.69, 9.17) is 4.74 Å². The first-order valence-electron chi connectivity index (χ1n) is 7.12. The molecule has 0 spiro atoms. The fourth-order valence-electron chi connectivity index (χ4n) is 2.69. The maximum absolute atomic E-state index is 12.1. The van der Waals surface area contributed by atoms with Crippen molar-refractivity contribution in [2.24, 2.45) is 7.05 Å². The van der Waals surface area contributed by atoms with Crippen molar-refractivity contribution in [1.29, 1.82) is 0 Å². The van der Waals surface area contributed by atoms with Crippen LogP contribution in [0.5, 0.6) is 5.75 Å². The third-order valence-corrected chi connectivity index (χ3v) is 3.82. The molecule has 0 unspecified atom stereocenters. The Kier molecular flexibility index (Phi) is 3.89. The number of amides is 1. The summed E-state index contributed by atoms with van der Waals surface area (Å²) in [6.45, 7) is 0. The predicted molar refractivity (Wildman–Crippen MR) is 75.7 cm³/mol. The first kappa shape index (κ1) is 13.7. The molecule has 1 aliphatic rings. The highest BCUT2D eigenvalue weighted by Gasteiger charge is 2.30. The topological polar surface area (TPSA) is 84.8 Å². The second-order valence-corrected chi connectivity index (χ2v) is 5.37. The minimum absolute atomic E-state index is 0.00583. The molecule has 2 aromatic rings. The molecule has 3 rings (SSSR count). The molecule has 0 aliphatic heterocycles. The summed E-state index contributed by atoms with van der Waals surface area (Å²) >= 11 is 0. The molecule has 7 heteroatoms. The van der Waals surface area contributed by atoms with Gasteiger partial charge in [-0.25, -0.2) is 4.98 Å². The molecule has 2 aromatic heterocycles. The zero-order valence-corrected chi connectivity index (χ0v) is 12.0. The van der Waals surface area contributed by atoms with E-state index in [-0.39, 0.29) is 18.1 Å². The Morgan fingerprint density at radius 2 is 2.43 bits per heavy atom. The molecule has 2 heterocycles. The summed E-state index contributed by atoms with van der Waals surface area (Å²) in [6.07, 6.45) is 10.1. The molecule has 112 valence electrons. The van der Waals surface area contributed by atoms with Crippen molar-refractivity contribution in [1.82, 2.24) is 25.1 Å². The van der Waals surface area contributed by atoms with Gasteiger partial charge in [0.25, 0.3) is 0 Å². The zero-order valence-electron chi connectivity index (χ0n) is 12.0. The highest BCUT2D eigenvalue weighted by atomic mass is 16.5. The lowest BCUT2D eigenvalue weighted by Crippen LogP contribution is -2.43. The molecular weight excluding hydrogens is 270 g/mol. The first-order chi connectivity index (χ1) is 10.2. The lowest BCUT2D eigenvalue weighted by Gasteiger charge is -2.21. The van der Waals surface area contributed by atoms with Crippen LogP contribution in [-0.2, 0) is 18.3 Å². The maximum atomic E-state index is 12.1. The van der Waals surface area contributed by atoms with E-state index in [1.807, 2.05) is 11.6 Å². The van der Waals surface area contributed by atoms with E-state index < -0.39 is 0 Å². The molecule has 0 radical (unpaired) electrons. The summed E-state index contributed by atoms with van der Waals surface area (Å²) in [4.78, 5) is 16.2. The predicted octanol–water partition coefficient (Wildman–Crippen LogP) is 0.802. The van der Waals surface area contributed by atoms with Crippen LogP contribution in [0.2, 0.25) is 0 Å². The Morgan fingerprint density at radius 1 is 1.52 bits per heavy atom. The van der Waals surface area contributed by atoms with Gasteiger partial charge in [0.2, 0.25) is 5.91 Å². The molecule has 0 aromatic carbocycles. The van der Waals surface area contributed by atoms with Crippen molar-refractivity contribution < 1.29 is 9.53 Å². The van der Waals surface area contributed by atoms with Crippen LogP contribution in [0.1, 0.15) is 25.0 Å². The van der Waals surface area contributed by atoms with Gasteiger partial charge in [0.05, 0.1) is 31.2 Å². The number of rotatable bonds is 5. The number of aromatic amines is 1. The Bertz CT molecular complexity index is 592. The number of hydrogen-bond donors (Lipinski definition) is 2. The van der Waals surface area contributed by atoms with Gasteiger partial charge in [-0.3, -0.25) is 9.89 Å². The van der Waals surface area contributed by atoms with Crippen LogP contribution in [0.15, 0.2) is 24.9 Å². The van der Waals surface area contributed by atoms with Gasteiger partial charge in [0.1, 0.15) is 6.10 Å². The molecule has 1 saturated carbocycles. The van der Waals surface area contributed by atoms with Gasteiger partial charge < -0.3 is 14.6 Å². The van der Waals surface area contributed by atoms with Gasteiger partial charge in [-0.05, 0) is 19.3 Å². The minimum Gasteiger partial charge on any atom is -0.485 e. The SMILES string of the molecule is Cn1cncc1CC(=O)N[C@H]1CCC[C@H]1Oc1cn[nH]c1. The summed E-state index contributed by atoms with van der Waals surface area (Å²) in [5.74, 6) is 0.721. The van der Waals surface area contributed by atoms with E-state index in [1.54, 1.807) is 24.9 Å². The van der Waals surface area contributed by atoms with Crippen LogP contribution in [0.25, 0.3) is 0 Å². The third kappa shape index (κ3) is 3.24. The Labute approximate surface area is 122 Å². The molecule has 2 atom stereocenters. The number of aryl methyl sites for hydroxylation is 1. The Morgan fingerprint density at radius 3 is 3.14 bits per heavy atom. The standard InChI is InChI=1S/C14H19N5O2/c1-19-9-15-6-10(19)5-14(20)18-12-3-2-4-13(12)21-11-7-16-17-8-11/h6-9,12-13H,2-5H2,1H3,(H,16,17)(H,18,20)/t12-,13+/m0/s1. The van der Waals surface area contributed by atoms with Crippen molar-refractivity contribution in [3.8, 4) is 5.75 Å². The van der Waals surface area contributed by atoms with Crippen LogP contribution in [0, 0.1) is 0 Å². The average Bonchev–Trinajstić information content (AvgIpc) is 3.17. The number of hydrogen-bond acceptors (Lipinski definition) is 4. The highest BCUT2D eigenvalue weighted by Crippen LogP contribution is 2.24. The van der Waals surface area contributed by atoms with Gasteiger partial charge in [0.15, 0.2) is 5.75 Å². The van der Waals surface area contributed by atoms with E-state index in [2.05, 4.69) is 20.5 Å². The molecule has 21 heavy (non-hydrogen) atoms. The second-order valence-electron chi connectivity index (χ2n) is 5.37. The van der Waals surface area contributed by atoms with Crippen molar-refractivity contribution in [2.75, 3.05) is 0 Å². The largest absolute Gasteiger partial charge is 0.485 e. The quantitative estimate of drug-likeness (QED) is 0.852. The number of nitrogens with zero attached hydrogens (tertiary/aromatic N) is 3. The summed E-state index contributed by atoms with van der Waals surface area (Å²) in [7, 11) is 1.88. The Balaban J connectivity index is 1.56. The molecule has 1 fully saturated rings. The van der Waals surface area contributed by atoms with Crippen molar-refractivity contribution in [3.63, 3.8) is 0 Å². The number of imidazole rings is 1. The van der Waals surface area contributed by atoms with Crippen LogP contribution >= 0.6 is 0 Å². The lowest BCUT2D eigenvalue weighted by atomic mass is 10.2. The van der Waals surface area contributed by atoms with Gasteiger partial charge >= 0.3 is 0 Å². The van der Waals surface area contributed by atoms with Crippen LogP contribution in [-0.4, -0.2) is 37.8 Å². The number of ether oxygens (including phenoxy) is 1. The third-order valence-electron chi connectivity index (χ3n) is 3.82. The van der Waals surface area contributed by atoms with Crippen molar-refractivity contribution >= 4 is 5.91 Å². The number of H-pyrrole nitrogens is 1. The molecular formula is C14H19N5O2. The molecule has 1 aliphatic carbocycles. The summed E-state index contributed by atoms with van der Waals surface area (Å²) in [6, 6.07) is 0.0561. The number of carbonyl (C=O) groups excluding carboxylic acids is 1. The Hall–Kier alpha value is -2.31. The molecule has 7 nitrogen and oxygen atoms in total. The molecule has 1 amide bonds. The normalized spacial score (nSPS) is 21.4. The number of nitrogens with one attached hydrogen (secondary N) is 2.